The maximum absolute atomic E-state index is 10.9. The molecule has 2 rings (SSSR count). The Balaban J connectivity index is 2.62. The molecule has 138 valence electrons. The molecule has 2 aromatic rings. The van der Waals surface area contributed by atoms with Crippen LogP contribution >= 0.6 is 0 Å². The summed E-state index contributed by atoms with van der Waals surface area (Å²) in [7, 11) is -2.63. The molecule has 26 heavy (non-hydrogen) atoms. The van der Waals surface area contributed by atoms with Gasteiger partial charge in [0.15, 0.2) is 0 Å². The minimum atomic E-state index is -2.63. The van der Waals surface area contributed by atoms with E-state index in [1.807, 2.05) is 19.1 Å². The molecule has 0 unspecified atom stereocenters. The fraction of sp³-hybridized carbons (Fsp3) is 0.391. The van der Waals surface area contributed by atoms with Crippen LogP contribution in [-0.2, 0) is 4.43 Å². The molecule has 1 atom stereocenters. The predicted molar refractivity (Wildman–Crippen MR) is 112 cm³/mol. The monoisotopic (exact) mass is 366 g/mol. The van der Waals surface area contributed by atoms with E-state index >= 15 is 0 Å². The normalized spacial score (nSPS) is 14.2. The Labute approximate surface area is 159 Å². The summed E-state index contributed by atoms with van der Waals surface area (Å²) in [5.41, 5.74) is -1.12. The summed E-state index contributed by atoms with van der Waals surface area (Å²) in [5.74, 6) is 5.79. The molecule has 0 radical (unpaired) electrons. The van der Waals surface area contributed by atoms with Gasteiger partial charge in [-0.1, -0.05) is 94.3 Å². The second kappa shape index (κ2) is 8.22. The average Bonchev–Trinajstić information content (AvgIpc) is 2.63. The SMILES string of the molecule is CC#C[C@](O)(CC)CO[Si](c1ccccc1)(c1ccccc1)C(C)(C)C. The minimum Gasteiger partial charge on any atom is -0.403 e. The van der Waals surface area contributed by atoms with Gasteiger partial charge in [-0.3, -0.25) is 0 Å². The molecular formula is C23H30O2Si. The van der Waals surface area contributed by atoms with Crippen molar-refractivity contribution in [3.63, 3.8) is 0 Å². The van der Waals surface area contributed by atoms with Crippen molar-refractivity contribution in [1.82, 2.24) is 0 Å². The topological polar surface area (TPSA) is 29.5 Å². The summed E-state index contributed by atoms with van der Waals surface area (Å²) in [6, 6.07) is 20.9. The van der Waals surface area contributed by atoms with Crippen molar-refractivity contribution in [3.05, 3.63) is 60.7 Å². The van der Waals surface area contributed by atoms with E-state index in [2.05, 4.69) is 81.1 Å². The van der Waals surface area contributed by atoms with Crippen molar-refractivity contribution in [1.29, 1.82) is 0 Å². The van der Waals surface area contributed by atoms with E-state index < -0.39 is 13.9 Å². The molecule has 0 aliphatic heterocycles. The summed E-state index contributed by atoms with van der Waals surface area (Å²) in [4.78, 5) is 0. The van der Waals surface area contributed by atoms with E-state index in [1.165, 1.54) is 10.4 Å². The Morgan fingerprint density at radius 3 is 1.73 bits per heavy atom. The van der Waals surface area contributed by atoms with Gasteiger partial charge < -0.3 is 9.53 Å². The molecule has 0 bridgehead atoms. The van der Waals surface area contributed by atoms with Crippen LogP contribution in [0.4, 0.5) is 0 Å². The lowest BCUT2D eigenvalue weighted by atomic mass is 10.0. The van der Waals surface area contributed by atoms with Crippen LogP contribution in [0.2, 0.25) is 5.04 Å². The van der Waals surface area contributed by atoms with Crippen LogP contribution in [0.5, 0.6) is 0 Å². The second-order valence-electron chi connectivity index (χ2n) is 7.71. The lowest BCUT2D eigenvalue weighted by Crippen LogP contribution is -2.67. The van der Waals surface area contributed by atoms with Crippen molar-refractivity contribution in [2.75, 3.05) is 6.61 Å². The molecule has 0 aliphatic carbocycles. The first kappa shape index (κ1) is 20.4. The molecule has 0 fully saturated rings. The van der Waals surface area contributed by atoms with Crippen molar-refractivity contribution >= 4 is 18.7 Å². The van der Waals surface area contributed by atoms with E-state index in [0.29, 0.717) is 6.42 Å². The van der Waals surface area contributed by atoms with Crippen LogP contribution in [0.3, 0.4) is 0 Å². The van der Waals surface area contributed by atoms with Gasteiger partial charge in [-0.25, -0.2) is 0 Å². The summed E-state index contributed by atoms with van der Waals surface area (Å²) < 4.78 is 6.76. The maximum Gasteiger partial charge on any atom is 0.261 e. The van der Waals surface area contributed by atoms with Crippen molar-refractivity contribution in [2.45, 2.75) is 51.7 Å². The Bertz CT molecular complexity index is 714. The summed E-state index contributed by atoms with van der Waals surface area (Å²) in [6.45, 7) is 10.6. The zero-order valence-corrected chi connectivity index (χ0v) is 17.5. The van der Waals surface area contributed by atoms with Crippen molar-refractivity contribution in [2.24, 2.45) is 0 Å². The first-order valence-corrected chi connectivity index (χ1v) is 11.1. The standard InChI is InChI=1S/C23H30O2Si/c1-6-18-23(24,7-2)19-25-26(22(3,4)5,20-14-10-8-11-15-20)21-16-12-9-13-17-21/h8-17,24H,7,19H2,1-5H3/t23-/m1/s1. The third-order valence-electron chi connectivity index (χ3n) is 4.89. The molecule has 0 heterocycles. The van der Waals surface area contributed by atoms with Gasteiger partial charge in [0.25, 0.3) is 8.32 Å². The smallest absolute Gasteiger partial charge is 0.261 e. The minimum absolute atomic E-state index is 0.107. The van der Waals surface area contributed by atoms with Crippen LogP contribution in [0.15, 0.2) is 60.7 Å². The summed E-state index contributed by atoms with van der Waals surface area (Å²) >= 11 is 0. The third-order valence-corrected chi connectivity index (χ3v) is 9.87. The van der Waals surface area contributed by atoms with Gasteiger partial charge in [-0.2, -0.15) is 0 Å². The highest BCUT2D eigenvalue weighted by atomic mass is 28.4. The Hall–Kier alpha value is -1.86. The average molecular weight is 367 g/mol. The van der Waals surface area contributed by atoms with E-state index in [0.717, 1.165) is 0 Å². The Morgan fingerprint density at radius 2 is 1.38 bits per heavy atom. The highest BCUT2D eigenvalue weighted by Gasteiger charge is 2.51. The predicted octanol–water partition coefficient (Wildman–Crippen LogP) is 3.73. The molecule has 0 saturated heterocycles. The van der Waals surface area contributed by atoms with Crippen molar-refractivity contribution in [3.8, 4) is 11.8 Å². The first-order chi connectivity index (χ1) is 12.3. The van der Waals surface area contributed by atoms with Crippen LogP contribution in [0, 0.1) is 11.8 Å². The van der Waals surface area contributed by atoms with Gasteiger partial charge in [0, 0.05) is 0 Å². The van der Waals surface area contributed by atoms with Gasteiger partial charge in [0.1, 0.15) is 5.60 Å². The number of hydrogen-bond acceptors (Lipinski definition) is 2. The molecule has 0 aliphatic rings. The zero-order valence-electron chi connectivity index (χ0n) is 16.5. The van der Waals surface area contributed by atoms with E-state index in [1.54, 1.807) is 6.92 Å². The highest BCUT2D eigenvalue weighted by Crippen LogP contribution is 2.37. The summed E-state index contributed by atoms with van der Waals surface area (Å²) in [6.07, 6.45) is 0.534. The fourth-order valence-electron chi connectivity index (χ4n) is 3.45. The van der Waals surface area contributed by atoms with E-state index in [4.69, 9.17) is 4.43 Å². The molecule has 3 heteroatoms. The van der Waals surface area contributed by atoms with Gasteiger partial charge >= 0.3 is 0 Å². The first-order valence-electron chi connectivity index (χ1n) is 9.20. The van der Waals surface area contributed by atoms with Gasteiger partial charge in [-0.05, 0) is 28.8 Å². The van der Waals surface area contributed by atoms with Crippen LogP contribution in [0.25, 0.3) is 0 Å². The largest absolute Gasteiger partial charge is 0.403 e. The number of aliphatic hydroxyl groups is 1. The molecule has 2 nitrogen and oxygen atoms in total. The second-order valence-corrected chi connectivity index (χ2v) is 12.0. The lowest BCUT2D eigenvalue weighted by molar-refractivity contribution is 0.0393. The fourth-order valence-corrected chi connectivity index (χ4v) is 8.06. The number of rotatable bonds is 6. The van der Waals surface area contributed by atoms with E-state index in [9.17, 15) is 5.11 Å². The lowest BCUT2D eigenvalue weighted by Gasteiger charge is -2.44. The van der Waals surface area contributed by atoms with Gasteiger partial charge in [-0.15, -0.1) is 5.92 Å². The molecule has 0 saturated carbocycles. The van der Waals surface area contributed by atoms with Crippen molar-refractivity contribution < 1.29 is 9.53 Å². The van der Waals surface area contributed by atoms with Crippen LogP contribution in [-0.4, -0.2) is 25.6 Å². The molecule has 2 aromatic carbocycles. The molecule has 0 amide bonds. The van der Waals surface area contributed by atoms with Gasteiger partial charge in [0.2, 0.25) is 0 Å². The Kier molecular flexibility index (Phi) is 6.47. The highest BCUT2D eigenvalue weighted by molar-refractivity contribution is 6.99. The van der Waals surface area contributed by atoms with Crippen LogP contribution < -0.4 is 10.4 Å². The molecule has 0 spiro atoms. The molecule has 0 aromatic heterocycles. The summed E-state index contributed by atoms with van der Waals surface area (Å²) in [5, 5.41) is 13.2. The van der Waals surface area contributed by atoms with Crippen LogP contribution in [0.1, 0.15) is 41.0 Å². The maximum atomic E-state index is 10.9. The number of benzene rings is 2. The van der Waals surface area contributed by atoms with Gasteiger partial charge in [0.05, 0.1) is 6.61 Å². The quantitative estimate of drug-likeness (QED) is 0.623. The molecular weight excluding hydrogens is 336 g/mol. The number of hydrogen-bond donors (Lipinski definition) is 1. The Morgan fingerprint density at radius 1 is 0.923 bits per heavy atom. The zero-order chi connectivity index (χ0) is 19.3. The third kappa shape index (κ3) is 4.10. The molecule has 1 N–H and O–H groups in total. The van der Waals surface area contributed by atoms with E-state index in [-0.39, 0.29) is 11.6 Å².